The highest BCUT2D eigenvalue weighted by atomic mass is 33.2. The van der Waals surface area contributed by atoms with Crippen LogP contribution in [0.25, 0.3) is 0 Å². The van der Waals surface area contributed by atoms with E-state index in [2.05, 4.69) is 4.18 Å². The van der Waals surface area contributed by atoms with E-state index >= 15 is 0 Å². The smallest absolute Gasteiger partial charge is 0.329 e. The predicted molar refractivity (Wildman–Crippen MR) is 38.8 cm³/mol. The van der Waals surface area contributed by atoms with E-state index in [1.165, 1.54) is 0 Å². The maximum absolute atomic E-state index is 10.7. The van der Waals surface area contributed by atoms with Crippen LogP contribution >= 0.6 is 0 Å². The highest BCUT2D eigenvalue weighted by Gasteiger charge is 2.28. The van der Waals surface area contributed by atoms with Crippen molar-refractivity contribution >= 4 is 18.0 Å². The predicted octanol–water partition coefficient (Wildman–Crippen LogP) is -1.75. The van der Waals surface area contributed by atoms with E-state index in [1.54, 1.807) is 0 Å². The monoisotopic (exact) mass is 203 g/mol. The van der Waals surface area contributed by atoms with E-state index < -0.39 is 23.8 Å². The lowest BCUT2D eigenvalue weighted by Gasteiger charge is -2.00. The fourth-order valence-corrected chi connectivity index (χ4v) is 2.57. The molecule has 0 rings (SSSR count). The molecule has 0 saturated heterocycles. The molecular formula is C3H9NO5S2. The minimum atomic E-state index is -4.47. The van der Waals surface area contributed by atoms with Crippen molar-refractivity contribution in [1.29, 1.82) is 0 Å². The first-order valence-electron chi connectivity index (χ1n) is 2.61. The van der Waals surface area contributed by atoms with E-state index in [-0.39, 0.29) is 6.54 Å². The molecule has 0 amide bonds. The Morgan fingerprint density at radius 1 is 1.27 bits per heavy atom. The standard InChI is InChI=1S/C3H9NO5S2/c1-9-11(7,8)10(5,6)3-2-4/h2-4H2,1H3. The second-order valence-electron chi connectivity index (χ2n) is 1.63. The Labute approximate surface area is 64.8 Å². The second-order valence-corrected chi connectivity index (χ2v) is 7.05. The molecule has 0 aliphatic heterocycles. The van der Waals surface area contributed by atoms with Crippen LogP contribution in [0.15, 0.2) is 0 Å². The number of hydrogen-bond donors (Lipinski definition) is 1. The summed E-state index contributed by atoms with van der Waals surface area (Å²) in [5.74, 6) is -0.622. The molecule has 0 aromatic heterocycles. The normalized spacial score (nSPS) is 13.3. The molecule has 0 bridgehead atoms. The van der Waals surface area contributed by atoms with Gasteiger partial charge >= 0.3 is 9.15 Å². The minimum absolute atomic E-state index is 0.245. The SMILES string of the molecule is COS(=O)(=O)S(=O)(=O)CCN. The molecule has 0 unspecified atom stereocenters. The summed E-state index contributed by atoms with van der Waals surface area (Å²) in [7, 11) is -7.92. The van der Waals surface area contributed by atoms with Crippen LogP contribution in [0, 0.1) is 0 Å². The van der Waals surface area contributed by atoms with Crippen LogP contribution in [-0.2, 0) is 22.2 Å². The maximum Gasteiger partial charge on any atom is 0.374 e. The lowest BCUT2D eigenvalue weighted by molar-refractivity contribution is 0.408. The summed E-state index contributed by atoms with van der Waals surface area (Å²) >= 11 is 0. The van der Waals surface area contributed by atoms with Gasteiger partial charge in [0.1, 0.15) is 0 Å². The van der Waals surface area contributed by atoms with Gasteiger partial charge < -0.3 is 5.73 Å². The molecule has 68 valence electrons. The summed E-state index contributed by atoms with van der Waals surface area (Å²) in [6.07, 6.45) is 0. The van der Waals surface area contributed by atoms with Crippen molar-refractivity contribution in [3.8, 4) is 0 Å². The molecule has 2 N–H and O–H groups in total. The fraction of sp³-hybridized carbons (Fsp3) is 1.00. The zero-order chi connectivity index (χ0) is 9.12. The topological polar surface area (TPSA) is 104 Å². The number of rotatable bonds is 4. The van der Waals surface area contributed by atoms with Gasteiger partial charge in [-0.15, -0.1) is 0 Å². The first-order chi connectivity index (χ1) is 4.87. The summed E-state index contributed by atoms with van der Waals surface area (Å²) in [4.78, 5) is 0. The molecular weight excluding hydrogens is 194 g/mol. The van der Waals surface area contributed by atoms with Crippen molar-refractivity contribution < 1.29 is 21.0 Å². The summed E-state index contributed by atoms with van der Waals surface area (Å²) in [5, 5.41) is 0. The Balaban J connectivity index is 4.88. The molecule has 0 atom stereocenters. The summed E-state index contributed by atoms with van der Waals surface area (Å²) in [6.45, 7) is -0.245. The van der Waals surface area contributed by atoms with Gasteiger partial charge in [0, 0.05) is 6.54 Å². The molecule has 6 nitrogen and oxygen atoms in total. The van der Waals surface area contributed by atoms with Crippen LogP contribution in [0.4, 0.5) is 0 Å². The lowest BCUT2D eigenvalue weighted by atomic mass is 10.8. The Morgan fingerprint density at radius 3 is 2.00 bits per heavy atom. The largest absolute Gasteiger partial charge is 0.374 e. The average molecular weight is 203 g/mol. The van der Waals surface area contributed by atoms with E-state index in [9.17, 15) is 16.8 Å². The van der Waals surface area contributed by atoms with E-state index in [1.807, 2.05) is 0 Å². The van der Waals surface area contributed by atoms with Crippen LogP contribution in [0.2, 0.25) is 0 Å². The summed E-state index contributed by atoms with van der Waals surface area (Å²) in [5.41, 5.74) is 4.87. The third kappa shape index (κ3) is 2.40. The zero-order valence-electron chi connectivity index (χ0n) is 5.85. The van der Waals surface area contributed by atoms with E-state index in [0.717, 1.165) is 7.11 Å². The van der Waals surface area contributed by atoms with Crippen molar-refractivity contribution in [3.63, 3.8) is 0 Å². The minimum Gasteiger partial charge on any atom is -0.329 e. The Hall–Kier alpha value is -0.180. The summed E-state index contributed by atoms with van der Waals surface area (Å²) < 4.78 is 46.3. The van der Waals surface area contributed by atoms with Crippen LogP contribution < -0.4 is 5.73 Å². The third-order valence-electron chi connectivity index (χ3n) is 0.883. The second kappa shape index (κ2) is 3.48. The summed E-state index contributed by atoms with van der Waals surface area (Å²) in [6, 6.07) is 0. The molecule has 0 aliphatic rings. The van der Waals surface area contributed by atoms with Crippen LogP contribution in [0.3, 0.4) is 0 Å². The molecule has 0 aliphatic carbocycles. The number of nitrogens with two attached hydrogens (primary N) is 1. The molecule has 0 saturated carbocycles. The van der Waals surface area contributed by atoms with E-state index in [4.69, 9.17) is 5.73 Å². The van der Waals surface area contributed by atoms with Gasteiger partial charge in [-0.2, -0.15) is 8.42 Å². The van der Waals surface area contributed by atoms with Gasteiger partial charge in [0.25, 0.3) is 8.87 Å². The van der Waals surface area contributed by atoms with Gasteiger partial charge in [-0.05, 0) is 0 Å². The Bertz CT molecular complexity index is 301. The lowest BCUT2D eigenvalue weighted by Crippen LogP contribution is -2.24. The molecule has 11 heavy (non-hydrogen) atoms. The van der Waals surface area contributed by atoms with Crippen molar-refractivity contribution in [1.82, 2.24) is 0 Å². The first-order valence-corrected chi connectivity index (χ1v) is 6.18. The molecule has 0 aromatic rings. The van der Waals surface area contributed by atoms with Crippen molar-refractivity contribution in [2.24, 2.45) is 5.73 Å². The van der Waals surface area contributed by atoms with Gasteiger partial charge in [0.2, 0.25) is 0 Å². The highest BCUT2D eigenvalue weighted by molar-refractivity contribution is 8.65. The van der Waals surface area contributed by atoms with Gasteiger partial charge in [-0.3, -0.25) is 4.18 Å². The van der Waals surface area contributed by atoms with E-state index in [0.29, 0.717) is 0 Å². The first kappa shape index (κ1) is 10.8. The van der Waals surface area contributed by atoms with Gasteiger partial charge in [-0.25, -0.2) is 8.42 Å². The van der Waals surface area contributed by atoms with Crippen LogP contribution in [-0.4, -0.2) is 36.2 Å². The highest BCUT2D eigenvalue weighted by Crippen LogP contribution is 2.03. The zero-order valence-corrected chi connectivity index (χ0v) is 7.48. The fourth-order valence-electron chi connectivity index (χ4n) is 0.350. The van der Waals surface area contributed by atoms with Gasteiger partial charge in [-0.1, -0.05) is 0 Å². The molecule has 8 heteroatoms. The molecule has 0 heterocycles. The van der Waals surface area contributed by atoms with Crippen molar-refractivity contribution in [2.75, 3.05) is 19.4 Å². The third-order valence-corrected chi connectivity index (χ3v) is 5.42. The molecule has 0 spiro atoms. The maximum atomic E-state index is 10.7. The quantitative estimate of drug-likeness (QED) is 0.543. The average Bonchev–Trinajstić information content (AvgIpc) is 1.87. The molecule has 0 radical (unpaired) electrons. The number of hydrogen-bond acceptors (Lipinski definition) is 6. The van der Waals surface area contributed by atoms with Gasteiger partial charge in [0.05, 0.1) is 12.9 Å². The van der Waals surface area contributed by atoms with Crippen molar-refractivity contribution in [2.45, 2.75) is 0 Å². The van der Waals surface area contributed by atoms with Gasteiger partial charge in [0.15, 0.2) is 0 Å². The van der Waals surface area contributed by atoms with Crippen LogP contribution in [0.1, 0.15) is 0 Å². The van der Waals surface area contributed by atoms with Crippen LogP contribution in [0.5, 0.6) is 0 Å². The molecule has 0 fully saturated rings. The Kier molecular flexibility index (Phi) is 3.42. The Morgan fingerprint density at radius 2 is 1.73 bits per heavy atom. The molecule has 0 aromatic carbocycles. The van der Waals surface area contributed by atoms with Crippen molar-refractivity contribution in [3.05, 3.63) is 0 Å².